The van der Waals surface area contributed by atoms with Crippen LogP contribution in [0.25, 0.3) is 10.9 Å². The van der Waals surface area contributed by atoms with Crippen molar-refractivity contribution in [1.29, 1.82) is 0 Å². The highest BCUT2D eigenvalue weighted by Gasteiger charge is 2.02. The predicted octanol–water partition coefficient (Wildman–Crippen LogP) is 2.13. The number of aromatic amines is 1. The maximum atomic E-state index is 10.7. The molecular formula is C11H11NO2. The number of benzene rings is 1. The summed E-state index contributed by atoms with van der Waals surface area (Å²) in [6, 6.07) is 5.91. The molecule has 0 radical (unpaired) electrons. The lowest BCUT2D eigenvalue weighted by molar-refractivity contribution is 0.112. The van der Waals surface area contributed by atoms with Gasteiger partial charge >= 0.3 is 0 Å². The second-order valence-electron chi connectivity index (χ2n) is 3.17. The lowest BCUT2D eigenvalue weighted by Gasteiger charge is -1.99. The van der Waals surface area contributed by atoms with Gasteiger partial charge in [0.15, 0.2) is 6.29 Å². The van der Waals surface area contributed by atoms with Gasteiger partial charge in [-0.1, -0.05) is 6.07 Å². The van der Waals surface area contributed by atoms with Crippen LogP contribution in [0.5, 0.6) is 0 Å². The quantitative estimate of drug-likeness (QED) is 0.751. The van der Waals surface area contributed by atoms with Crippen LogP contribution < -0.4 is 0 Å². The highest BCUT2D eigenvalue weighted by atomic mass is 16.5. The molecule has 0 spiro atoms. The van der Waals surface area contributed by atoms with E-state index in [1.165, 1.54) is 0 Å². The van der Waals surface area contributed by atoms with Gasteiger partial charge in [-0.3, -0.25) is 4.79 Å². The Morgan fingerprint density at radius 2 is 2.36 bits per heavy atom. The highest BCUT2D eigenvalue weighted by Crippen LogP contribution is 2.18. The Morgan fingerprint density at radius 3 is 3.07 bits per heavy atom. The van der Waals surface area contributed by atoms with Crippen molar-refractivity contribution in [2.45, 2.75) is 6.61 Å². The van der Waals surface area contributed by atoms with Gasteiger partial charge in [0.25, 0.3) is 0 Å². The van der Waals surface area contributed by atoms with Gasteiger partial charge in [0.2, 0.25) is 0 Å². The number of methoxy groups -OCH3 is 1. The summed E-state index contributed by atoms with van der Waals surface area (Å²) >= 11 is 0. The standard InChI is InChI=1S/C11H11NO2/c1-14-7-8-2-3-11-10(4-8)9(6-13)5-12-11/h2-6,12H,7H2,1H3. The van der Waals surface area contributed by atoms with Gasteiger partial charge in [0.05, 0.1) is 6.61 Å². The number of hydrogen-bond donors (Lipinski definition) is 1. The van der Waals surface area contributed by atoms with Crippen molar-refractivity contribution in [3.05, 3.63) is 35.5 Å². The molecule has 0 unspecified atom stereocenters. The molecule has 0 fully saturated rings. The topological polar surface area (TPSA) is 42.1 Å². The minimum Gasteiger partial charge on any atom is -0.380 e. The third kappa shape index (κ3) is 1.42. The smallest absolute Gasteiger partial charge is 0.152 e. The molecule has 2 aromatic rings. The van der Waals surface area contributed by atoms with E-state index >= 15 is 0 Å². The van der Waals surface area contributed by atoms with Crippen molar-refractivity contribution in [2.24, 2.45) is 0 Å². The zero-order valence-corrected chi connectivity index (χ0v) is 7.91. The van der Waals surface area contributed by atoms with Gasteiger partial charge < -0.3 is 9.72 Å². The van der Waals surface area contributed by atoms with E-state index in [4.69, 9.17) is 4.74 Å². The molecule has 0 saturated heterocycles. The Hall–Kier alpha value is -1.61. The van der Waals surface area contributed by atoms with Crippen LogP contribution in [-0.2, 0) is 11.3 Å². The number of rotatable bonds is 3. The highest BCUT2D eigenvalue weighted by molar-refractivity contribution is 5.97. The zero-order valence-electron chi connectivity index (χ0n) is 7.91. The number of aromatic nitrogens is 1. The molecule has 0 aliphatic rings. The Kier molecular flexibility index (Phi) is 2.33. The van der Waals surface area contributed by atoms with Gasteiger partial charge in [0, 0.05) is 29.8 Å². The number of fused-ring (bicyclic) bond motifs is 1. The maximum Gasteiger partial charge on any atom is 0.152 e. The predicted molar refractivity (Wildman–Crippen MR) is 54.4 cm³/mol. The largest absolute Gasteiger partial charge is 0.380 e. The van der Waals surface area contributed by atoms with Gasteiger partial charge in [-0.2, -0.15) is 0 Å². The minimum atomic E-state index is 0.569. The number of carbonyl (C=O) groups excluding carboxylic acids is 1. The van der Waals surface area contributed by atoms with E-state index in [1.54, 1.807) is 13.3 Å². The van der Waals surface area contributed by atoms with Crippen LogP contribution in [0.1, 0.15) is 15.9 Å². The van der Waals surface area contributed by atoms with E-state index in [0.717, 1.165) is 22.8 Å². The summed E-state index contributed by atoms with van der Waals surface area (Å²) in [7, 11) is 1.65. The number of aldehydes is 1. The van der Waals surface area contributed by atoms with Crippen LogP contribution in [-0.4, -0.2) is 18.4 Å². The van der Waals surface area contributed by atoms with E-state index in [2.05, 4.69) is 4.98 Å². The molecule has 3 nitrogen and oxygen atoms in total. The number of nitrogens with one attached hydrogen (secondary N) is 1. The summed E-state index contributed by atoms with van der Waals surface area (Å²) in [5.74, 6) is 0. The first kappa shape index (κ1) is 8.97. The molecule has 0 amide bonds. The average molecular weight is 189 g/mol. The molecule has 1 aromatic heterocycles. The molecule has 1 heterocycles. The average Bonchev–Trinajstić information content (AvgIpc) is 2.60. The first-order chi connectivity index (χ1) is 6.85. The normalized spacial score (nSPS) is 10.6. The molecule has 1 N–H and O–H groups in total. The number of H-pyrrole nitrogens is 1. The van der Waals surface area contributed by atoms with E-state index in [-0.39, 0.29) is 0 Å². The summed E-state index contributed by atoms with van der Waals surface area (Å²) < 4.78 is 5.03. The van der Waals surface area contributed by atoms with Crippen molar-refractivity contribution in [2.75, 3.05) is 7.11 Å². The summed E-state index contributed by atoms with van der Waals surface area (Å²) in [6.07, 6.45) is 2.57. The third-order valence-corrected chi connectivity index (χ3v) is 2.22. The lowest BCUT2D eigenvalue weighted by atomic mass is 10.1. The van der Waals surface area contributed by atoms with Gasteiger partial charge in [-0.05, 0) is 17.7 Å². The second-order valence-corrected chi connectivity index (χ2v) is 3.17. The SMILES string of the molecule is COCc1ccc2[nH]cc(C=O)c2c1. The van der Waals surface area contributed by atoms with E-state index in [9.17, 15) is 4.79 Å². The molecule has 0 aliphatic heterocycles. The van der Waals surface area contributed by atoms with E-state index < -0.39 is 0 Å². The van der Waals surface area contributed by atoms with Crippen LogP contribution in [0, 0.1) is 0 Å². The minimum absolute atomic E-state index is 0.569. The summed E-state index contributed by atoms with van der Waals surface area (Å²) in [5.41, 5.74) is 2.74. The molecule has 3 heteroatoms. The van der Waals surface area contributed by atoms with Crippen molar-refractivity contribution < 1.29 is 9.53 Å². The van der Waals surface area contributed by atoms with Crippen molar-refractivity contribution >= 4 is 17.2 Å². The van der Waals surface area contributed by atoms with Crippen LogP contribution in [0.15, 0.2) is 24.4 Å². The number of carbonyl (C=O) groups is 1. The Morgan fingerprint density at radius 1 is 1.50 bits per heavy atom. The van der Waals surface area contributed by atoms with Crippen LogP contribution in [0.2, 0.25) is 0 Å². The fourth-order valence-corrected chi connectivity index (χ4v) is 1.54. The van der Waals surface area contributed by atoms with Crippen LogP contribution >= 0.6 is 0 Å². The molecule has 1 aromatic carbocycles. The van der Waals surface area contributed by atoms with Crippen molar-refractivity contribution in [3.63, 3.8) is 0 Å². The molecular weight excluding hydrogens is 178 g/mol. The molecule has 2 rings (SSSR count). The fraction of sp³-hybridized carbons (Fsp3) is 0.182. The monoisotopic (exact) mass is 189 g/mol. The molecule has 0 bridgehead atoms. The van der Waals surface area contributed by atoms with Crippen molar-refractivity contribution in [1.82, 2.24) is 4.98 Å². The van der Waals surface area contributed by atoms with E-state index in [1.807, 2.05) is 18.2 Å². The first-order valence-electron chi connectivity index (χ1n) is 4.39. The summed E-state index contributed by atoms with van der Waals surface area (Å²) in [6.45, 7) is 0.569. The molecule has 14 heavy (non-hydrogen) atoms. The maximum absolute atomic E-state index is 10.7. The van der Waals surface area contributed by atoms with Crippen molar-refractivity contribution in [3.8, 4) is 0 Å². The molecule has 0 atom stereocenters. The Balaban J connectivity index is 2.55. The zero-order chi connectivity index (χ0) is 9.97. The van der Waals surface area contributed by atoms with Gasteiger partial charge in [-0.15, -0.1) is 0 Å². The van der Waals surface area contributed by atoms with E-state index in [0.29, 0.717) is 12.2 Å². The summed E-state index contributed by atoms with van der Waals surface area (Å²) in [5, 5.41) is 0.953. The van der Waals surface area contributed by atoms with Crippen LogP contribution in [0.4, 0.5) is 0 Å². The lowest BCUT2D eigenvalue weighted by Crippen LogP contribution is -1.86. The molecule has 72 valence electrons. The Labute approximate surface area is 81.7 Å². The van der Waals surface area contributed by atoms with Gasteiger partial charge in [-0.25, -0.2) is 0 Å². The summed E-state index contributed by atoms with van der Waals surface area (Å²) in [4.78, 5) is 13.7. The Bertz CT molecular complexity index is 459. The van der Waals surface area contributed by atoms with Gasteiger partial charge in [0.1, 0.15) is 0 Å². The molecule has 0 saturated carbocycles. The first-order valence-corrected chi connectivity index (χ1v) is 4.39. The van der Waals surface area contributed by atoms with Crippen LogP contribution in [0.3, 0.4) is 0 Å². The molecule has 0 aliphatic carbocycles. The number of hydrogen-bond acceptors (Lipinski definition) is 2. The second kappa shape index (κ2) is 3.64. The number of ether oxygens (including phenoxy) is 1. The fourth-order valence-electron chi connectivity index (χ4n) is 1.54. The third-order valence-electron chi connectivity index (χ3n) is 2.22.